The van der Waals surface area contributed by atoms with Gasteiger partial charge in [0, 0.05) is 79.0 Å². The second-order valence-electron chi connectivity index (χ2n) is 23.3. The molecule has 0 saturated carbocycles. The molecule has 2 fully saturated rings. The number of rotatable bonds is 32. The topological polar surface area (TPSA) is 266 Å². The van der Waals surface area contributed by atoms with Gasteiger partial charge in [-0.05, 0) is 69.0 Å². The number of benzene rings is 1. The highest BCUT2D eigenvalue weighted by atomic mass is 16.5. The van der Waals surface area contributed by atoms with Gasteiger partial charge in [0.2, 0.25) is 47.3 Å². The second kappa shape index (κ2) is 32.5. The van der Waals surface area contributed by atoms with Crippen molar-refractivity contribution in [2.45, 2.75) is 175 Å². The van der Waals surface area contributed by atoms with Crippen molar-refractivity contribution in [2.75, 3.05) is 68.1 Å². The fraction of sp³-hybridized carbons (Fsp3) is 0.700. The molecular weight excluding hydrogens is 1050 g/mol. The fourth-order valence-electron chi connectivity index (χ4n) is 11.7. The number of imide groups is 1. The van der Waals surface area contributed by atoms with Crippen molar-refractivity contribution < 1.29 is 57.4 Å². The number of likely N-dealkylation sites (N-methyl/N-ethyl adjacent to an activating group) is 2. The third-order valence-electron chi connectivity index (χ3n) is 16.7. The van der Waals surface area contributed by atoms with E-state index in [4.69, 9.17) is 9.47 Å². The average Bonchev–Trinajstić information content (AvgIpc) is 4.37. The van der Waals surface area contributed by atoms with E-state index >= 15 is 0 Å². The van der Waals surface area contributed by atoms with Crippen LogP contribution in [0.2, 0.25) is 0 Å². The zero-order valence-corrected chi connectivity index (χ0v) is 51.2. The number of carbonyl (C=O) groups excluding carboxylic acids is 10. The van der Waals surface area contributed by atoms with Gasteiger partial charge in [-0.1, -0.05) is 105 Å². The summed E-state index contributed by atoms with van der Waals surface area (Å²) >= 11 is 0. The van der Waals surface area contributed by atoms with E-state index in [1.807, 2.05) is 105 Å². The van der Waals surface area contributed by atoms with Crippen LogP contribution in [-0.2, 0) is 63.8 Å². The summed E-state index contributed by atoms with van der Waals surface area (Å²) in [7, 11) is 8.39. The molecule has 0 spiro atoms. The van der Waals surface area contributed by atoms with Gasteiger partial charge in [-0.15, -0.1) is 0 Å². The van der Waals surface area contributed by atoms with E-state index in [-0.39, 0.29) is 86.8 Å². The van der Waals surface area contributed by atoms with Gasteiger partial charge < -0.3 is 50.8 Å². The maximum Gasteiger partial charge on any atom is 0.253 e. The average molecular weight is 1150 g/mol. The Hall–Kier alpha value is -6.26. The molecule has 4 rings (SSSR count). The van der Waals surface area contributed by atoms with Crippen LogP contribution in [0.3, 0.4) is 0 Å². The lowest BCUT2D eigenvalue weighted by Crippen LogP contribution is -2.60. The summed E-state index contributed by atoms with van der Waals surface area (Å²) in [6.07, 6.45) is 3.96. The smallest absolute Gasteiger partial charge is 0.253 e. The molecule has 0 radical (unpaired) electrons. The first-order valence-corrected chi connectivity index (χ1v) is 29.4. The van der Waals surface area contributed by atoms with Gasteiger partial charge in [-0.25, -0.2) is 0 Å². The van der Waals surface area contributed by atoms with E-state index in [1.165, 1.54) is 19.1 Å². The number of likely N-dealkylation sites (tertiary alicyclic amines) is 2. The van der Waals surface area contributed by atoms with Crippen molar-refractivity contribution in [3.63, 3.8) is 0 Å². The molecule has 0 bridgehead atoms. The summed E-state index contributed by atoms with van der Waals surface area (Å²) in [6, 6.07) is 3.79. The Kier molecular flexibility index (Phi) is 27.1. The summed E-state index contributed by atoms with van der Waals surface area (Å²) < 4.78 is 12.2. The molecular formula is C60H96N10O12. The number of hydrogen-bond donors (Lipinski definition) is 5. The predicted molar refractivity (Wildman–Crippen MR) is 310 cm³/mol. The van der Waals surface area contributed by atoms with Crippen LogP contribution in [0.4, 0.5) is 0 Å². The van der Waals surface area contributed by atoms with Gasteiger partial charge in [0.15, 0.2) is 0 Å². The number of ether oxygens (including phenoxy) is 2. The number of hydrogen-bond acceptors (Lipinski definition) is 13. The van der Waals surface area contributed by atoms with Crippen molar-refractivity contribution >= 4 is 59.1 Å². The number of nitrogens with one attached hydrogen (secondary N) is 5. The van der Waals surface area contributed by atoms with Crippen LogP contribution in [0, 0.1) is 29.6 Å². The fourth-order valence-corrected chi connectivity index (χ4v) is 11.7. The Morgan fingerprint density at radius 2 is 1.29 bits per heavy atom. The standard InChI is InChI=1S/C60H96N10O12/c1-15-38(7)51(60(80)69-32-21-25-44(69)57(77)62-30-29-61-46(71)28-33-70-47(72)26-27-48(70)73)65-56(76)42(34-41-22-18-17-19-23-41)63-55(75)40(9)54(82-14)43-24-20-31-68(43)49(74)35-45(81-13)53(39(8)16-2)67(12)59(79)50(36(3)4)64-58(78)52(37(5)6)66(10)11/h17-19,22-23,26-27,36-40,42-45,50-54H,15-16,20-21,24-25,28-35H2,1-14H3,(H,61,71)(H,62,77)(H,63,75)(H,64,78)(H,65,76)/t38-,39-,40+,42-,43-,44-,45+,50-,51-,52-,53-,54?/m0/s1. The van der Waals surface area contributed by atoms with E-state index in [0.717, 1.165) is 22.6 Å². The van der Waals surface area contributed by atoms with Gasteiger partial charge in [-0.3, -0.25) is 57.7 Å². The SMILES string of the molecule is CC[C@H](C)[C@@H]([C@@H](CC(=O)N1CCC[C@H]1C(OC)[C@@H](C)C(=O)N[C@@H](Cc1ccccc1)C(=O)N[C@H](C(=O)N1CCC[C@H]1C(=O)NCCNC(=O)CCN1C(=O)C=CC1=O)[C@@H](C)CC)OC)N(C)C(=O)[C@@H](NC(=O)[C@H](C(C)C)N(C)C)C(C)C. The molecule has 0 aromatic heterocycles. The molecule has 22 heteroatoms. The Morgan fingerprint density at radius 1 is 0.695 bits per heavy atom. The summed E-state index contributed by atoms with van der Waals surface area (Å²) in [5.74, 6) is -5.67. The zero-order valence-electron chi connectivity index (χ0n) is 51.2. The normalized spacial score (nSPS) is 19.9. The molecule has 3 aliphatic rings. The molecule has 458 valence electrons. The monoisotopic (exact) mass is 1150 g/mol. The van der Waals surface area contributed by atoms with Crippen LogP contribution in [-0.4, -0.2) is 206 Å². The molecule has 0 aliphatic carbocycles. The Bertz CT molecular complexity index is 2360. The Morgan fingerprint density at radius 3 is 1.87 bits per heavy atom. The van der Waals surface area contributed by atoms with Crippen LogP contribution in [0.5, 0.6) is 0 Å². The number of nitrogens with zero attached hydrogens (tertiary/aromatic N) is 5. The van der Waals surface area contributed by atoms with E-state index in [0.29, 0.717) is 45.1 Å². The van der Waals surface area contributed by atoms with Crippen LogP contribution < -0.4 is 26.6 Å². The number of carbonyl (C=O) groups is 10. The molecule has 5 N–H and O–H groups in total. The van der Waals surface area contributed by atoms with Crippen LogP contribution in [0.15, 0.2) is 42.5 Å². The quantitative estimate of drug-likeness (QED) is 0.0514. The van der Waals surface area contributed by atoms with Crippen molar-refractivity contribution in [3.05, 3.63) is 48.0 Å². The highest BCUT2D eigenvalue weighted by Gasteiger charge is 2.45. The van der Waals surface area contributed by atoms with Crippen molar-refractivity contribution in [1.82, 2.24) is 51.1 Å². The molecule has 2 saturated heterocycles. The minimum absolute atomic E-state index is 0.00272. The predicted octanol–water partition coefficient (Wildman–Crippen LogP) is 2.43. The molecule has 3 aliphatic heterocycles. The minimum Gasteiger partial charge on any atom is -0.379 e. The van der Waals surface area contributed by atoms with E-state index < -0.39 is 102 Å². The molecule has 1 aromatic carbocycles. The maximum atomic E-state index is 14.6. The summed E-state index contributed by atoms with van der Waals surface area (Å²) in [5.41, 5.74) is 0.753. The van der Waals surface area contributed by atoms with Gasteiger partial charge in [0.05, 0.1) is 42.7 Å². The summed E-state index contributed by atoms with van der Waals surface area (Å²) in [6.45, 7) is 17.9. The van der Waals surface area contributed by atoms with Crippen molar-refractivity contribution in [2.24, 2.45) is 29.6 Å². The van der Waals surface area contributed by atoms with Crippen LogP contribution in [0.25, 0.3) is 0 Å². The van der Waals surface area contributed by atoms with Crippen LogP contribution in [0.1, 0.15) is 119 Å². The van der Waals surface area contributed by atoms with Gasteiger partial charge >= 0.3 is 0 Å². The highest BCUT2D eigenvalue weighted by Crippen LogP contribution is 2.30. The van der Waals surface area contributed by atoms with Gasteiger partial charge in [-0.2, -0.15) is 0 Å². The third kappa shape index (κ3) is 18.1. The van der Waals surface area contributed by atoms with Gasteiger partial charge in [0.1, 0.15) is 24.2 Å². The molecule has 10 amide bonds. The Balaban J connectivity index is 1.47. The first-order chi connectivity index (χ1) is 38.8. The molecule has 12 atom stereocenters. The Labute approximate surface area is 486 Å². The molecule has 22 nitrogen and oxygen atoms in total. The van der Waals surface area contributed by atoms with Gasteiger partial charge in [0.25, 0.3) is 11.8 Å². The van der Waals surface area contributed by atoms with E-state index in [2.05, 4.69) is 26.6 Å². The lowest BCUT2D eigenvalue weighted by Gasteiger charge is -2.41. The molecule has 82 heavy (non-hydrogen) atoms. The molecule has 3 heterocycles. The second-order valence-corrected chi connectivity index (χ2v) is 23.3. The zero-order chi connectivity index (χ0) is 61.1. The van der Waals surface area contributed by atoms with Crippen LogP contribution >= 0.6 is 0 Å². The number of amides is 10. The first kappa shape index (κ1) is 68.2. The maximum absolute atomic E-state index is 14.6. The minimum atomic E-state index is -1.15. The van der Waals surface area contributed by atoms with E-state index in [9.17, 15) is 47.9 Å². The van der Waals surface area contributed by atoms with Crippen molar-refractivity contribution in [3.8, 4) is 0 Å². The largest absolute Gasteiger partial charge is 0.379 e. The molecule has 1 aromatic rings. The van der Waals surface area contributed by atoms with E-state index in [1.54, 1.807) is 23.8 Å². The highest BCUT2D eigenvalue weighted by molar-refractivity contribution is 6.13. The lowest BCUT2D eigenvalue weighted by molar-refractivity contribution is -0.148. The first-order valence-electron chi connectivity index (χ1n) is 29.4. The van der Waals surface area contributed by atoms with Crippen molar-refractivity contribution in [1.29, 1.82) is 0 Å². The number of methoxy groups -OCH3 is 2. The summed E-state index contributed by atoms with van der Waals surface area (Å²) in [5, 5.41) is 14.4. The summed E-state index contributed by atoms with van der Waals surface area (Å²) in [4.78, 5) is 144. The lowest BCUT2D eigenvalue weighted by atomic mass is 9.89. The molecule has 1 unspecified atom stereocenters. The third-order valence-corrected chi connectivity index (χ3v) is 16.7.